The van der Waals surface area contributed by atoms with Gasteiger partial charge in [0.1, 0.15) is 0 Å². The van der Waals surface area contributed by atoms with Gasteiger partial charge in [0.25, 0.3) is 6.21 Å². The predicted molar refractivity (Wildman–Crippen MR) is 70.2 cm³/mol. The fourth-order valence-electron chi connectivity index (χ4n) is 2.25. The lowest BCUT2D eigenvalue weighted by atomic mass is 9.97. The molecule has 0 aliphatic rings. The summed E-state index contributed by atoms with van der Waals surface area (Å²) in [6.07, 6.45) is 1.50. The topological polar surface area (TPSA) is 36.4 Å². The molecule has 0 amide bonds. The number of rotatable bonds is 1. The summed E-state index contributed by atoms with van der Waals surface area (Å²) in [6, 6.07) is 18.4. The van der Waals surface area contributed by atoms with Crippen LogP contribution < -0.4 is 0 Å². The van der Waals surface area contributed by atoms with Crippen molar-refractivity contribution in [3.05, 3.63) is 65.7 Å². The van der Waals surface area contributed by atoms with Crippen molar-refractivity contribution in [2.75, 3.05) is 0 Å². The first-order valence-electron chi connectivity index (χ1n) is 5.48. The molecule has 0 saturated heterocycles. The highest BCUT2D eigenvalue weighted by Crippen LogP contribution is 2.26. The van der Waals surface area contributed by atoms with E-state index in [0.29, 0.717) is 0 Å². The Morgan fingerprint density at radius 2 is 1.35 bits per heavy atom. The third-order valence-corrected chi connectivity index (χ3v) is 3.00. The monoisotopic (exact) mass is 218 g/mol. The van der Waals surface area contributed by atoms with Gasteiger partial charge in [0.05, 0.1) is 5.56 Å². The minimum absolute atomic E-state index is 0.959. The van der Waals surface area contributed by atoms with Crippen molar-refractivity contribution in [2.45, 2.75) is 0 Å². The van der Waals surface area contributed by atoms with Gasteiger partial charge in [0, 0.05) is 0 Å². The van der Waals surface area contributed by atoms with Crippen LogP contribution >= 0.6 is 0 Å². The first kappa shape index (κ1) is 9.76. The van der Waals surface area contributed by atoms with Gasteiger partial charge in [-0.25, -0.2) is 0 Å². The Hall–Kier alpha value is -2.44. The van der Waals surface area contributed by atoms with E-state index in [0.717, 1.165) is 27.1 Å². The fraction of sp³-hybridized carbons (Fsp3) is 0. The van der Waals surface area contributed by atoms with Crippen LogP contribution in [0.3, 0.4) is 0 Å². The first-order chi connectivity index (χ1) is 8.40. The Bertz CT molecular complexity index is 699. The molecule has 0 atom stereocenters. The van der Waals surface area contributed by atoms with E-state index in [1.54, 1.807) is 0 Å². The summed E-state index contributed by atoms with van der Waals surface area (Å²) in [5.74, 6) is 0. The third kappa shape index (κ3) is 1.52. The molecule has 0 aromatic heterocycles. The van der Waals surface area contributed by atoms with Crippen LogP contribution in [-0.4, -0.2) is 11.0 Å². The molecule has 0 unspecified atom stereocenters. The highest BCUT2D eigenvalue weighted by Gasteiger charge is 2.07. The minimum Gasteiger partial charge on any atom is -0.361 e. The molecule has 0 N–H and O–H groups in total. The van der Waals surface area contributed by atoms with Gasteiger partial charge >= 0.3 is 0 Å². The molecule has 17 heavy (non-hydrogen) atoms. The Kier molecular flexibility index (Phi) is 2.21. The molecule has 0 bridgehead atoms. The van der Waals surface area contributed by atoms with Gasteiger partial charge in [-0.2, -0.15) is 4.79 Å². The summed E-state index contributed by atoms with van der Waals surface area (Å²) in [5.41, 5.74) is 9.77. The third-order valence-electron chi connectivity index (χ3n) is 3.00. The number of nitrogens with zero attached hydrogens (tertiary/aromatic N) is 2. The van der Waals surface area contributed by atoms with E-state index in [1.807, 2.05) is 36.4 Å². The maximum Gasteiger partial charge on any atom is 0.288 e. The van der Waals surface area contributed by atoms with E-state index in [-0.39, 0.29) is 0 Å². The molecule has 0 aliphatic heterocycles. The Balaban J connectivity index is 2.60. The van der Waals surface area contributed by atoms with Gasteiger partial charge < -0.3 is 5.53 Å². The number of benzene rings is 3. The smallest absolute Gasteiger partial charge is 0.288 e. The molecule has 3 aromatic rings. The van der Waals surface area contributed by atoms with E-state index in [1.165, 1.54) is 6.21 Å². The Labute approximate surface area is 98.7 Å². The molecule has 0 saturated carbocycles. The van der Waals surface area contributed by atoms with Gasteiger partial charge in [-0.1, -0.05) is 48.5 Å². The largest absolute Gasteiger partial charge is 0.361 e. The summed E-state index contributed by atoms with van der Waals surface area (Å²) in [7, 11) is 0. The molecular formula is C15H10N2. The molecule has 0 heterocycles. The molecule has 0 radical (unpaired) electrons. The van der Waals surface area contributed by atoms with Crippen molar-refractivity contribution in [1.82, 2.24) is 0 Å². The van der Waals surface area contributed by atoms with Crippen molar-refractivity contribution in [3.8, 4) is 0 Å². The standard InChI is InChI=1S/C15H10N2/c16-17-10-15-13-7-3-1-5-11(13)9-12-6-2-4-8-14(12)15/h1-10H. The number of hydrogen-bond donors (Lipinski definition) is 0. The highest BCUT2D eigenvalue weighted by molar-refractivity contribution is 6.12. The second-order valence-corrected chi connectivity index (χ2v) is 3.98. The molecule has 3 aromatic carbocycles. The van der Waals surface area contributed by atoms with Crippen LogP contribution in [0.1, 0.15) is 5.56 Å². The SMILES string of the molecule is [N-]=[N+]=Cc1c2ccccc2cc2ccccc12. The lowest BCUT2D eigenvalue weighted by Crippen LogP contribution is -1.88. The zero-order valence-corrected chi connectivity index (χ0v) is 9.17. The van der Waals surface area contributed by atoms with E-state index in [2.05, 4.69) is 23.0 Å². The highest BCUT2D eigenvalue weighted by atomic mass is 14.8. The summed E-state index contributed by atoms with van der Waals surface area (Å²) >= 11 is 0. The van der Waals surface area contributed by atoms with E-state index >= 15 is 0 Å². The zero-order valence-electron chi connectivity index (χ0n) is 9.17. The van der Waals surface area contributed by atoms with Crippen LogP contribution in [0.25, 0.3) is 27.1 Å². The van der Waals surface area contributed by atoms with Crippen LogP contribution in [0.4, 0.5) is 0 Å². The summed E-state index contributed by atoms with van der Waals surface area (Å²) in [6.45, 7) is 0. The average molecular weight is 218 g/mol. The molecule has 80 valence electrons. The summed E-state index contributed by atoms with van der Waals surface area (Å²) < 4.78 is 0. The zero-order chi connectivity index (χ0) is 11.7. The van der Waals surface area contributed by atoms with E-state index < -0.39 is 0 Å². The lowest BCUT2D eigenvalue weighted by molar-refractivity contribution is 0.00477. The second kappa shape index (κ2) is 3.85. The second-order valence-electron chi connectivity index (χ2n) is 3.98. The van der Waals surface area contributed by atoms with Gasteiger partial charge in [0.15, 0.2) is 0 Å². The van der Waals surface area contributed by atoms with Gasteiger partial charge in [-0.3, -0.25) is 0 Å². The number of hydrogen-bond acceptors (Lipinski definition) is 0. The molecular weight excluding hydrogens is 208 g/mol. The van der Waals surface area contributed by atoms with E-state index in [4.69, 9.17) is 5.53 Å². The van der Waals surface area contributed by atoms with Crippen LogP contribution in [-0.2, 0) is 0 Å². The molecule has 0 aliphatic carbocycles. The summed E-state index contributed by atoms with van der Waals surface area (Å²) in [4.78, 5) is 3.18. The predicted octanol–water partition coefficient (Wildman–Crippen LogP) is 3.64. The maximum absolute atomic E-state index is 8.81. The van der Waals surface area contributed by atoms with Crippen molar-refractivity contribution in [1.29, 1.82) is 0 Å². The van der Waals surface area contributed by atoms with Crippen molar-refractivity contribution in [3.63, 3.8) is 0 Å². The average Bonchev–Trinajstić information content (AvgIpc) is 2.39. The number of fused-ring (bicyclic) bond motifs is 2. The van der Waals surface area contributed by atoms with Crippen LogP contribution in [0.5, 0.6) is 0 Å². The van der Waals surface area contributed by atoms with Gasteiger partial charge in [-0.05, 0) is 27.6 Å². The van der Waals surface area contributed by atoms with Crippen molar-refractivity contribution >= 4 is 27.8 Å². The molecule has 0 spiro atoms. The van der Waals surface area contributed by atoms with Crippen molar-refractivity contribution < 1.29 is 4.79 Å². The Morgan fingerprint density at radius 1 is 0.824 bits per heavy atom. The summed E-state index contributed by atoms with van der Waals surface area (Å²) in [5, 5.41) is 4.51. The molecule has 2 heteroatoms. The van der Waals surface area contributed by atoms with Gasteiger partial charge in [0.2, 0.25) is 0 Å². The Morgan fingerprint density at radius 3 is 1.88 bits per heavy atom. The van der Waals surface area contributed by atoms with Crippen LogP contribution in [0.2, 0.25) is 0 Å². The normalized spacial score (nSPS) is 10.4. The lowest BCUT2D eigenvalue weighted by Gasteiger charge is -2.04. The van der Waals surface area contributed by atoms with Crippen LogP contribution in [0.15, 0.2) is 54.6 Å². The molecule has 3 rings (SSSR count). The molecule has 0 fully saturated rings. The van der Waals surface area contributed by atoms with E-state index in [9.17, 15) is 0 Å². The fourth-order valence-corrected chi connectivity index (χ4v) is 2.25. The van der Waals surface area contributed by atoms with Gasteiger partial charge in [-0.15, -0.1) is 0 Å². The molecule has 2 nitrogen and oxygen atoms in total. The quantitative estimate of drug-likeness (QED) is 0.259. The first-order valence-corrected chi connectivity index (χ1v) is 5.48. The minimum atomic E-state index is 0.959. The maximum atomic E-state index is 8.81. The van der Waals surface area contributed by atoms with Crippen molar-refractivity contribution in [2.24, 2.45) is 0 Å². The van der Waals surface area contributed by atoms with Crippen LogP contribution in [0, 0.1) is 0 Å².